The molecule has 2 fully saturated rings. The predicted octanol–water partition coefficient (Wildman–Crippen LogP) is 2.73. The number of ether oxygens (including phenoxy) is 1. The van der Waals surface area contributed by atoms with Crippen LogP contribution in [-0.4, -0.2) is 38.0 Å². The molecule has 2 atom stereocenters. The van der Waals surface area contributed by atoms with Crippen molar-refractivity contribution in [3.05, 3.63) is 16.5 Å². The van der Waals surface area contributed by atoms with Gasteiger partial charge in [-0.1, -0.05) is 24.4 Å². The van der Waals surface area contributed by atoms with Gasteiger partial charge in [0.15, 0.2) is 0 Å². The van der Waals surface area contributed by atoms with Crippen molar-refractivity contribution in [1.29, 1.82) is 0 Å². The molecule has 4 nitrogen and oxygen atoms in total. The highest BCUT2D eigenvalue weighted by Gasteiger charge is 2.41. The minimum absolute atomic E-state index is 0.00613. The lowest BCUT2D eigenvalue weighted by Gasteiger charge is -2.42. The molecule has 1 aromatic rings. The number of halogens is 1. The van der Waals surface area contributed by atoms with Gasteiger partial charge in [0.2, 0.25) is 0 Å². The predicted molar refractivity (Wildman–Crippen MR) is 75.2 cm³/mol. The first kappa shape index (κ1) is 13.8. The highest BCUT2D eigenvalue weighted by molar-refractivity contribution is 7.91. The standard InChI is InChI=1S/C12H16ClNO3S2/c13-11-5-6-12(18-11)19(15,16)14-7-8-17-10-4-2-1-3-9(10)14/h5-6,9-10H,1-4,7-8H2/t9-,10+/m1/s1. The zero-order chi connectivity index (χ0) is 13.5. The van der Waals surface area contributed by atoms with Crippen molar-refractivity contribution in [3.8, 4) is 0 Å². The van der Waals surface area contributed by atoms with Crippen LogP contribution in [0.25, 0.3) is 0 Å². The van der Waals surface area contributed by atoms with Gasteiger partial charge in [0.1, 0.15) is 4.21 Å². The number of nitrogens with zero attached hydrogens (tertiary/aromatic N) is 1. The maximum absolute atomic E-state index is 12.7. The molecule has 0 unspecified atom stereocenters. The molecule has 0 N–H and O–H groups in total. The number of fused-ring (bicyclic) bond motifs is 1. The van der Waals surface area contributed by atoms with E-state index in [-0.39, 0.29) is 12.1 Å². The van der Waals surface area contributed by atoms with Gasteiger partial charge in [-0.05, 0) is 25.0 Å². The van der Waals surface area contributed by atoms with Gasteiger partial charge in [-0.3, -0.25) is 0 Å². The van der Waals surface area contributed by atoms with Gasteiger partial charge in [0, 0.05) is 6.54 Å². The Bertz CT molecular complexity index is 555. The SMILES string of the molecule is O=S(=O)(c1ccc(Cl)s1)N1CCO[C@H]2CCCC[C@H]21. The lowest BCUT2D eigenvalue weighted by atomic mass is 9.91. The summed E-state index contributed by atoms with van der Waals surface area (Å²) in [4.78, 5) is 0. The number of thiophene rings is 1. The molecule has 1 saturated heterocycles. The summed E-state index contributed by atoms with van der Waals surface area (Å²) in [5, 5.41) is 0. The zero-order valence-electron chi connectivity index (χ0n) is 10.4. The summed E-state index contributed by atoms with van der Waals surface area (Å²) >= 11 is 6.98. The van der Waals surface area contributed by atoms with Crippen molar-refractivity contribution >= 4 is 33.0 Å². The Kier molecular flexibility index (Phi) is 3.88. The largest absolute Gasteiger partial charge is 0.375 e. The molecule has 2 heterocycles. The topological polar surface area (TPSA) is 46.6 Å². The van der Waals surface area contributed by atoms with Crippen molar-refractivity contribution in [2.75, 3.05) is 13.2 Å². The third kappa shape index (κ3) is 2.56. The highest BCUT2D eigenvalue weighted by atomic mass is 35.5. The van der Waals surface area contributed by atoms with Gasteiger partial charge in [0.05, 0.1) is 23.1 Å². The van der Waals surface area contributed by atoms with Crippen LogP contribution in [0.1, 0.15) is 25.7 Å². The van der Waals surface area contributed by atoms with Gasteiger partial charge in [-0.15, -0.1) is 11.3 Å². The summed E-state index contributed by atoms with van der Waals surface area (Å²) < 4.78 is 33.5. The van der Waals surface area contributed by atoms with Crippen molar-refractivity contribution in [3.63, 3.8) is 0 Å². The lowest BCUT2D eigenvalue weighted by molar-refractivity contribution is -0.0585. The fraction of sp³-hybridized carbons (Fsp3) is 0.667. The molecule has 1 aliphatic carbocycles. The van der Waals surface area contributed by atoms with Crippen LogP contribution >= 0.6 is 22.9 Å². The second kappa shape index (κ2) is 5.33. The molecule has 0 aromatic carbocycles. The van der Waals surface area contributed by atoms with Crippen LogP contribution in [0, 0.1) is 0 Å². The van der Waals surface area contributed by atoms with E-state index in [1.807, 2.05) is 0 Å². The molecule has 3 rings (SSSR count). The molecule has 106 valence electrons. The van der Waals surface area contributed by atoms with E-state index in [9.17, 15) is 8.42 Å². The van der Waals surface area contributed by atoms with E-state index in [0.717, 1.165) is 37.0 Å². The summed E-state index contributed by atoms with van der Waals surface area (Å²) in [7, 11) is -3.42. The Morgan fingerprint density at radius 3 is 2.84 bits per heavy atom. The Hall–Kier alpha value is -0.140. The Morgan fingerprint density at radius 2 is 2.11 bits per heavy atom. The van der Waals surface area contributed by atoms with E-state index in [1.165, 1.54) is 0 Å². The molecular weight excluding hydrogens is 306 g/mol. The van der Waals surface area contributed by atoms with E-state index in [4.69, 9.17) is 16.3 Å². The molecule has 0 spiro atoms. The molecule has 2 aliphatic rings. The van der Waals surface area contributed by atoms with Crippen LogP contribution in [0.2, 0.25) is 4.34 Å². The van der Waals surface area contributed by atoms with Crippen LogP contribution in [0.3, 0.4) is 0 Å². The average Bonchev–Trinajstić information content (AvgIpc) is 2.85. The van der Waals surface area contributed by atoms with Crippen LogP contribution in [0.4, 0.5) is 0 Å². The molecule has 7 heteroatoms. The van der Waals surface area contributed by atoms with E-state index in [1.54, 1.807) is 16.4 Å². The molecule has 0 radical (unpaired) electrons. The van der Waals surface area contributed by atoms with E-state index in [0.29, 0.717) is 21.7 Å². The monoisotopic (exact) mass is 321 g/mol. The fourth-order valence-corrected chi connectivity index (χ4v) is 6.19. The molecule has 1 aromatic heterocycles. The summed E-state index contributed by atoms with van der Waals surface area (Å²) in [5.41, 5.74) is 0. The molecular formula is C12H16ClNO3S2. The molecule has 1 saturated carbocycles. The summed E-state index contributed by atoms with van der Waals surface area (Å²) in [6.45, 7) is 0.929. The first-order valence-corrected chi connectivity index (χ1v) is 9.11. The van der Waals surface area contributed by atoms with E-state index in [2.05, 4.69) is 0 Å². The Balaban J connectivity index is 1.91. The van der Waals surface area contributed by atoms with Crippen molar-refractivity contribution in [2.45, 2.75) is 42.0 Å². The molecule has 0 bridgehead atoms. The minimum atomic E-state index is -3.42. The maximum atomic E-state index is 12.7. The van der Waals surface area contributed by atoms with Gasteiger partial charge >= 0.3 is 0 Å². The minimum Gasteiger partial charge on any atom is -0.375 e. The van der Waals surface area contributed by atoms with Crippen molar-refractivity contribution in [1.82, 2.24) is 4.31 Å². The number of sulfonamides is 1. The number of hydrogen-bond acceptors (Lipinski definition) is 4. The third-order valence-corrected chi connectivity index (χ3v) is 7.42. The lowest BCUT2D eigenvalue weighted by Crippen LogP contribution is -2.54. The quantitative estimate of drug-likeness (QED) is 0.841. The number of rotatable bonds is 2. The first-order chi connectivity index (χ1) is 9.09. The van der Waals surface area contributed by atoms with Gasteiger partial charge in [-0.25, -0.2) is 8.42 Å². The van der Waals surface area contributed by atoms with E-state index >= 15 is 0 Å². The third-order valence-electron chi connectivity index (χ3n) is 3.79. The maximum Gasteiger partial charge on any atom is 0.253 e. The second-order valence-corrected chi connectivity index (χ2v) is 8.77. The Labute approximate surface area is 122 Å². The average molecular weight is 322 g/mol. The number of hydrogen-bond donors (Lipinski definition) is 0. The van der Waals surface area contributed by atoms with Gasteiger partial charge < -0.3 is 4.74 Å². The van der Waals surface area contributed by atoms with Gasteiger partial charge in [-0.2, -0.15) is 4.31 Å². The zero-order valence-corrected chi connectivity index (χ0v) is 12.8. The van der Waals surface area contributed by atoms with Gasteiger partial charge in [0.25, 0.3) is 10.0 Å². The molecule has 1 aliphatic heterocycles. The summed E-state index contributed by atoms with van der Waals surface area (Å²) in [5.74, 6) is 0. The smallest absolute Gasteiger partial charge is 0.253 e. The highest BCUT2D eigenvalue weighted by Crippen LogP contribution is 2.35. The first-order valence-electron chi connectivity index (χ1n) is 6.48. The molecule has 19 heavy (non-hydrogen) atoms. The number of morpholine rings is 1. The second-order valence-electron chi connectivity index (χ2n) is 4.94. The van der Waals surface area contributed by atoms with E-state index < -0.39 is 10.0 Å². The summed E-state index contributed by atoms with van der Waals surface area (Å²) in [6, 6.07) is 3.22. The molecule has 0 amide bonds. The van der Waals surface area contributed by atoms with Crippen LogP contribution in [0.15, 0.2) is 16.3 Å². The fourth-order valence-electron chi connectivity index (χ4n) is 2.91. The van der Waals surface area contributed by atoms with Crippen LogP contribution in [0.5, 0.6) is 0 Å². The van der Waals surface area contributed by atoms with Crippen molar-refractivity contribution < 1.29 is 13.2 Å². The van der Waals surface area contributed by atoms with Crippen molar-refractivity contribution in [2.24, 2.45) is 0 Å². The van der Waals surface area contributed by atoms with Crippen LogP contribution < -0.4 is 0 Å². The van der Waals surface area contributed by atoms with Crippen LogP contribution in [-0.2, 0) is 14.8 Å². The Morgan fingerprint density at radius 1 is 1.32 bits per heavy atom. The normalized spacial score (nSPS) is 29.1. The summed E-state index contributed by atoms with van der Waals surface area (Å²) in [6.07, 6.45) is 4.11.